The number of likely N-dealkylation sites (tertiary alicyclic amines) is 1. The highest BCUT2D eigenvalue weighted by Gasteiger charge is 2.42. The van der Waals surface area contributed by atoms with E-state index in [9.17, 15) is 39.1 Å². The van der Waals surface area contributed by atoms with Crippen molar-refractivity contribution < 1.29 is 53.5 Å². The lowest BCUT2D eigenvalue weighted by molar-refractivity contribution is -0.147. The summed E-state index contributed by atoms with van der Waals surface area (Å²) < 4.78 is 10.3. The Labute approximate surface area is 233 Å². The minimum absolute atomic E-state index is 0.0872. The number of carboxylic acid groups (broad SMARTS) is 2. The van der Waals surface area contributed by atoms with Crippen LogP contribution in [0.15, 0.2) is 36.4 Å². The van der Waals surface area contributed by atoms with Crippen LogP contribution in [0.4, 0.5) is 0 Å². The normalized spacial score (nSPS) is 19.9. The van der Waals surface area contributed by atoms with E-state index in [2.05, 4.69) is 10.6 Å². The van der Waals surface area contributed by atoms with E-state index in [4.69, 9.17) is 14.4 Å². The van der Waals surface area contributed by atoms with E-state index in [1.165, 1.54) is 23.1 Å². The quantitative estimate of drug-likeness (QED) is 0.180. The number of fused-ring (bicyclic) bond motifs is 2. The van der Waals surface area contributed by atoms with Crippen LogP contribution in [-0.4, -0.2) is 93.7 Å². The molecule has 0 bridgehead atoms. The molecule has 0 spiro atoms. The van der Waals surface area contributed by atoms with Gasteiger partial charge in [0.15, 0.2) is 0 Å². The van der Waals surface area contributed by atoms with Gasteiger partial charge in [-0.05, 0) is 52.7 Å². The number of amides is 3. The van der Waals surface area contributed by atoms with Gasteiger partial charge in [0, 0.05) is 23.7 Å². The van der Waals surface area contributed by atoms with Crippen LogP contribution in [0, 0.1) is 0 Å². The van der Waals surface area contributed by atoms with Crippen LogP contribution >= 0.6 is 0 Å². The van der Waals surface area contributed by atoms with Crippen molar-refractivity contribution >= 4 is 54.8 Å². The molecule has 41 heavy (non-hydrogen) atoms. The first-order chi connectivity index (χ1) is 19.5. The first-order valence-electron chi connectivity index (χ1n) is 12.7. The molecule has 3 atom stereocenters. The molecule has 1 fully saturated rings. The fourth-order valence-corrected chi connectivity index (χ4v) is 5.19. The van der Waals surface area contributed by atoms with Gasteiger partial charge in [-0.15, -0.1) is 0 Å². The Morgan fingerprint density at radius 1 is 0.927 bits per heavy atom. The molecular weight excluding hydrogens is 540 g/mol. The average Bonchev–Trinajstić information content (AvgIpc) is 3.64. The number of carbonyl (C=O) groups excluding carboxylic acids is 3. The number of aliphatic carboxylic acids is 2. The van der Waals surface area contributed by atoms with Gasteiger partial charge in [0.05, 0.1) is 19.6 Å². The highest BCUT2D eigenvalue weighted by Crippen LogP contribution is 2.23. The van der Waals surface area contributed by atoms with Crippen LogP contribution in [-0.2, 0) is 36.9 Å². The Morgan fingerprint density at radius 2 is 1.51 bits per heavy atom. The van der Waals surface area contributed by atoms with Gasteiger partial charge in [-0.2, -0.15) is 0 Å². The maximum atomic E-state index is 13.6. The topological polar surface area (TPSA) is 212 Å². The maximum absolute atomic E-state index is 13.6. The number of benzene rings is 2. The Morgan fingerprint density at radius 3 is 2.10 bits per heavy atom. The van der Waals surface area contributed by atoms with Crippen LogP contribution in [0.2, 0.25) is 0 Å². The predicted octanol–water partition coefficient (Wildman–Crippen LogP) is -2.82. The summed E-state index contributed by atoms with van der Waals surface area (Å²) in [5.41, 5.74) is 2.64. The van der Waals surface area contributed by atoms with Crippen molar-refractivity contribution in [2.24, 2.45) is 0 Å². The molecule has 3 aliphatic heterocycles. The van der Waals surface area contributed by atoms with Crippen molar-refractivity contribution in [3.8, 4) is 0 Å². The number of carboxylic acids is 2. The second-order valence-corrected chi connectivity index (χ2v) is 10.0. The summed E-state index contributed by atoms with van der Waals surface area (Å²) in [6.45, 7) is 0.256. The van der Waals surface area contributed by atoms with Crippen LogP contribution < -0.4 is 21.6 Å². The van der Waals surface area contributed by atoms with Gasteiger partial charge in [0.1, 0.15) is 12.1 Å². The predicted molar refractivity (Wildman–Crippen MR) is 140 cm³/mol. The number of hydrogen-bond donors (Lipinski definition) is 6. The van der Waals surface area contributed by atoms with Gasteiger partial charge in [0.2, 0.25) is 5.91 Å². The SMILES string of the molecule is O=C(O)C[C@H](NC(=O)[C@@H]1C[C@@H](NC(=O)c2ccc3c(c2)B(O)OC3)CN1C(=O)c1ccc2c(c1)B(O)OC2)C(=O)O. The van der Waals surface area contributed by atoms with Crippen molar-refractivity contribution in [1.29, 1.82) is 0 Å². The first-order valence-corrected chi connectivity index (χ1v) is 12.7. The van der Waals surface area contributed by atoms with Crippen molar-refractivity contribution in [3.05, 3.63) is 58.7 Å². The lowest BCUT2D eigenvalue weighted by Crippen LogP contribution is -2.51. The first kappa shape index (κ1) is 28.3. The Bertz CT molecular complexity index is 1440. The fraction of sp³-hybridized carbons (Fsp3) is 0.320. The second kappa shape index (κ2) is 11.3. The molecule has 5 rings (SSSR count). The number of nitrogens with one attached hydrogen (secondary N) is 2. The molecule has 14 nitrogen and oxygen atoms in total. The van der Waals surface area contributed by atoms with Crippen LogP contribution in [0.3, 0.4) is 0 Å². The van der Waals surface area contributed by atoms with Crippen molar-refractivity contribution in [2.45, 2.75) is 44.2 Å². The molecule has 0 unspecified atom stereocenters. The maximum Gasteiger partial charge on any atom is 0.491 e. The minimum atomic E-state index is -1.74. The molecule has 3 heterocycles. The summed E-state index contributed by atoms with van der Waals surface area (Å²) in [5.74, 6) is -5.04. The highest BCUT2D eigenvalue weighted by atomic mass is 16.5. The molecule has 1 saturated heterocycles. The number of hydrogen-bond acceptors (Lipinski definition) is 9. The van der Waals surface area contributed by atoms with E-state index in [0.29, 0.717) is 16.5 Å². The Kier molecular flexibility index (Phi) is 7.82. The summed E-state index contributed by atoms with van der Waals surface area (Å²) in [4.78, 5) is 63.7. The van der Waals surface area contributed by atoms with Crippen molar-refractivity contribution in [3.63, 3.8) is 0 Å². The number of carbonyl (C=O) groups is 5. The summed E-state index contributed by atoms with van der Waals surface area (Å²) in [6, 6.07) is 5.55. The summed E-state index contributed by atoms with van der Waals surface area (Å²) in [5, 5.41) is 43.4. The van der Waals surface area contributed by atoms with E-state index in [0.717, 1.165) is 5.56 Å². The molecule has 3 aliphatic rings. The van der Waals surface area contributed by atoms with Crippen molar-refractivity contribution in [2.75, 3.05) is 6.54 Å². The van der Waals surface area contributed by atoms with E-state index < -0.39 is 68.4 Å². The van der Waals surface area contributed by atoms with E-state index in [1.807, 2.05) is 0 Å². The molecule has 0 aromatic heterocycles. The number of rotatable bonds is 8. The molecule has 16 heteroatoms. The smallest absolute Gasteiger partial charge is 0.481 e. The van der Waals surface area contributed by atoms with E-state index in [1.54, 1.807) is 18.2 Å². The average molecular weight is 565 g/mol. The van der Waals surface area contributed by atoms with Crippen LogP contribution in [0.1, 0.15) is 44.7 Å². The van der Waals surface area contributed by atoms with Crippen LogP contribution in [0.5, 0.6) is 0 Å². The molecule has 0 radical (unpaired) electrons. The molecular formula is C25H25B2N3O11. The van der Waals surface area contributed by atoms with E-state index >= 15 is 0 Å². The molecule has 0 aliphatic carbocycles. The standard InChI is InChI=1S/C25H25B2N3O11/c31-21(32)8-19(25(36)37)29-23(34)20-7-16(28-22(33)12-1-3-14-10-40-26(38)17(14)5-12)9-30(20)24(35)13-2-4-15-11-41-27(39)18(15)6-13/h1-6,16,19-20,38-39H,7-11H2,(H,28,33)(H,29,34)(H,31,32)(H,36,37)/t16-,19+,20+/m1/s1. The molecule has 0 saturated carbocycles. The number of nitrogens with zero attached hydrogens (tertiary/aromatic N) is 1. The molecule has 6 N–H and O–H groups in total. The molecule has 212 valence electrons. The highest BCUT2D eigenvalue weighted by molar-refractivity contribution is 6.62. The largest absolute Gasteiger partial charge is 0.491 e. The van der Waals surface area contributed by atoms with Gasteiger partial charge >= 0.3 is 26.2 Å². The molecule has 2 aromatic rings. The van der Waals surface area contributed by atoms with E-state index in [-0.39, 0.29) is 37.3 Å². The van der Waals surface area contributed by atoms with Gasteiger partial charge in [-0.1, -0.05) is 12.1 Å². The third-order valence-electron chi connectivity index (χ3n) is 7.32. The molecule has 3 amide bonds. The minimum Gasteiger partial charge on any atom is -0.481 e. The zero-order valence-electron chi connectivity index (χ0n) is 21.5. The third kappa shape index (κ3) is 5.81. The third-order valence-corrected chi connectivity index (χ3v) is 7.32. The van der Waals surface area contributed by atoms with Crippen molar-refractivity contribution in [1.82, 2.24) is 15.5 Å². The van der Waals surface area contributed by atoms with Crippen LogP contribution in [0.25, 0.3) is 0 Å². The Balaban J connectivity index is 1.37. The monoisotopic (exact) mass is 565 g/mol. The van der Waals surface area contributed by atoms with Gasteiger partial charge in [-0.3, -0.25) is 19.2 Å². The zero-order valence-corrected chi connectivity index (χ0v) is 21.5. The zero-order chi connectivity index (χ0) is 29.4. The second-order valence-electron chi connectivity index (χ2n) is 10.0. The van der Waals surface area contributed by atoms with Gasteiger partial charge in [-0.25, -0.2) is 4.79 Å². The van der Waals surface area contributed by atoms with Gasteiger partial charge in [0.25, 0.3) is 11.8 Å². The summed E-state index contributed by atoms with van der Waals surface area (Å²) >= 11 is 0. The lowest BCUT2D eigenvalue weighted by Gasteiger charge is -2.25. The Hall–Kier alpha value is -4.24. The fourth-order valence-electron chi connectivity index (χ4n) is 5.19. The molecule has 2 aromatic carbocycles. The summed E-state index contributed by atoms with van der Waals surface area (Å²) in [6.07, 6.45) is -0.964. The summed E-state index contributed by atoms with van der Waals surface area (Å²) in [7, 11) is -2.37. The lowest BCUT2D eigenvalue weighted by atomic mass is 9.78. The van der Waals surface area contributed by atoms with Gasteiger partial charge < -0.3 is 45.1 Å².